The van der Waals surface area contributed by atoms with E-state index in [1.54, 1.807) is 0 Å². The number of aryl methyl sites for hydroxylation is 1. The van der Waals surface area contributed by atoms with Crippen molar-refractivity contribution in [3.05, 3.63) is 35.4 Å². The molecule has 2 N–H and O–H groups in total. The first-order valence-electron chi connectivity index (χ1n) is 7.54. The molecule has 0 spiro atoms. The second-order valence-corrected chi connectivity index (χ2v) is 5.98. The fourth-order valence-corrected chi connectivity index (χ4v) is 2.29. The second-order valence-electron chi connectivity index (χ2n) is 5.98. The average molecular weight is 276 g/mol. The van der Waals surface area contributed by atoms with E-state index in [-0.39, 0.29) is 11.9 Å². The van der Waals surface area contributed by atoms with Gasteiger partial charge in [0.25, 0.3) is 0 Å². The topological polar surface area (TPSA) is 46.3 Å². The Morgan fingerprint density at radius 3 is 2.35 bits per heavy atom. The van der Waals surface area contributed by atoms with E-state index in [0.717, 1.165) is 24.9 Å². The highest BCUT2D eigenvalue weighted by Gasteiger charge is 2.21. The first-order valence-corrected chi connectivity index (χ1v) is 7.54. The van der Waals surface area contributed by atoms with Crippen LogP contribution < -0.4 is 5.73 Å². The third-order valence-electron chi connectivity index (χ3n) is 3.34. The predicted octanol–water partition coefficient (Wildman–Crippen LogP) is 3.11. The van der Waals surface area contributed by atoms with E-state index in [1.165, 1.54) is 5.56 Å². The highest BCUT2D eigenvalue weighted by molar-refractivity contribution is 5.81. The summed E-state index contributed by atoms with van der Waals surface area (Å²) in [5.74, 6) is 0.512. The average Bonchev–Trinajstić information content (AvgIpc) is 2.39. The molecule has 0 radical (unpaired) electrons. The molecule has 1 amide bonds. The summed E-state index contributed by atoms with van der Waals surface area (Å²) in [6, 6.07) is 7.95. The number of carbonyl (C=O) groups excluding carboxylic acids is 1. The molecule has 0 saturated carbocycles. The maximum Gasteiger partial charge on any atom is 0.239 e. The molecule has 0 aliphatic carbocycles. The molecule has 0 unspecified atom stereocenters. The zero-order chi connectivity index (χ0) is 15.1. The third kappa shape index (κ3) is 5.33. The van der Waals surface area contributed by atoms with Gasteiger partial charge in [0.15, 0.2) is 0 Å². The number of nitrogens with zero attached hydrogens (tertiary/aromatic N) is 1. The molecule has 3 heteroatoms. The van der Waals surface area contributed by atoms with Gasteiger partial charge >= 0.3 is 0 Å². The van der Waals surface area contributed by atoms with Crippen molar-refractivity contribution in [1.82, 2.24) is 4.90 Å². The monoisotopic (exact) mass is 276 g/mol. The minimum absolute atomic E-state index is 0.0705. The molecule has 0 aromatic heterocycles. The van der Waals surface area contributed by atoms with Crippen molar-refractivity contribution in [1.29, 1.82) is 0 Å². The largest absolute Gasteiger partial charge is 0.337 e. The Morgan fingerprint density at radius 2 is 1.85 bits per heavy atom. The molecular formula is C17H28N2O. The summed E-state index contributed by atoms with van der Waals surface area (Å²) in [5.41, 5.74) is 8.43. The van der Waals surface area contributed by atoms with Crippen LogP contribution in [0.3, 0.4) is 0 Å². The SMILES string of the molecule is CCCN(Cc1ccc(C)cc1)C(=O)[C@@H](N)CC(C)C. The minimum atomic E-state index is -0.382. The van der Waals surface area contributed by atoms with Crippen LogP contribution in [0.4, 0.5) is 0 Å². The molecular weight excluding hydrogens is 248 g/mol. The summed E-state index contributed by atoms with van der Waals surface area (Å²) in [5, 5.41) is 0. The Morgan fingerprint density at radius 1 is 1.25 bits per heavy atom. The van der Waals surface area contributed by atoms with Gasteiger partial charge in [-0.15, -0.1) is 0 Å². The normalized spacial score (nSPS) is 12.5. The molecule has 20 heavy (non-hydrogen) atoms. The summed E-state index contributed by atoms with van der Waals surface area (Å²) >= 11 is 0. The van der Waals surface area contributed by atoms with Gasteiger partial charge in [-0.05, 0) is 31.2 Å². The lowest BCUT2D eigenvalue weighted by Gasteiger charge is -2.26. The molecule has 0 saturated heterocycles. The Kier molecular flexibility index (Phi) is 6.73. The van der Waals surface area contributed by atoms with E-state index in [4.69, 9.17) is 5.73 Å². The maximum atomic E-state index is 12.4. The van der Waals surface area contributed by atoms with Crippen molar-refractivity contribution >= 4 is 5.91 Å². The van der Waals surface area contributed by atoms with Crippen LogP contribution in [0, 0.1) is 12.8 Å². The Bertz CT molecular complexity index is 412. The Balaban J connectivity index is 2.72. The molecule has 0 aliphatic heterocycles. The van der Waals surface area contributed by atoms with Crippen molar-refractivity contribution in [2.24, 2.45) is 11.7 Å². The number of hydrogen-bond acceptors (Lipinski definition) is 2. The van der Waals surface area contributed by atoms with E-state index in [2.05, 4.69) is 52.0 Å². The summed E-state index contributed by atoms with van der Waals surface area (Å²) in [6.07, 6.45) is 1.69. The fraction of sp³-hybridized carbons (Fsp3) is 0.588. The van der Waals surface area contributed by atoms with Crippen LogP contribution in [0.2, 0.25) is 0 Å². The molecule has 3 nitrogen and oxygen atoms in total. The van der Waals surface area contributed by atoms with Gasteiger partial charge in [0.2, 0.25) is 5.91 Å². The summed E-state index contributed by atoms with van der Waals surface area (Å²) < 4.78 is 0. The van der Waals surface area contributed by atoms with Gasteiger partial charge in [0, 0.05) is 13.1 Å². The van der Waals surface area contributed by atoms with E-state index in [1.807, 2.05) is 4.90 Å². The Hall–Kier alpha value is -1.35. The predicted molar refractivity (Wildman–Crippen MR) is 84.3 cm³/mol. The number of carbonyl (C=O) groups is 1. The molecule has 0 aliphatic rings. The van der Waals surface area contributed by atoms with Crippen molar-refractivity contribution in [2.45, 2.75) is 53.1 Å². The van der Waals surface area contributed by atoms with Crippen LogP contribution in [0.5, 0.6) is 0 Å². The highest BCUT2D eigenvalue weighted by Crippen LogP contribution is 2.11. The lowest BCUT2D eigenvalue weighted by atomic mass is 10.0. The number of amides is 1. The third-order valence-corrected chi connectivity index (χ3v) is 3.34. The Labute approximate surface area is 123 Å². The molecule has 1 rings (SSSR count). The number of benzene rings is 1. The zero-order valence-electron chi connectivity index (χ0n) is 13.2. The van der Waals surface area contributed by atoms with Crippen LogP contribution in [-0.4, -0.2) is 23.4 Å². The summed E-state index contributed by atoms with van der Waals surface area (Å²) in [7, 11) is 0. The first kappa shape index (κ1) is 16.7. The van der Waals surface area contributed by atoms with Crippen LogP contribution in [0.25, 0.3) is 0 Å². The molecule has 1 aromatic rings. The van der Waals surface area contributed by atoms with Crippen LogP contribution >= 0.6 is 0 Å². The van der Waals surface area contributed by atoms with Gasteiger partial charge < -0.3 is 10.6 Å². The number of hydrogen-bond donors (Lipinski definition) is 1. The van der Waals surface area contributed by atoms with Crippen molar-refractivity contribution < 1.29 is 4.79 Å². The molecule has 1 atom stereocenters. The van der Waals surface area contributed by atoms with E-state index in [9.17, 15) is 4.79 Å². The van der Waals surface area contributed by atoms with Crippen molar-refractivity contribution in [3.8, 4) is 0 Å². The van der Waals surface area contributed by atoms with Crippen molar-refractivity contribution in [2.75, 3.05) is 6.54 Å². The highest BCUT2D eigenvalue weighted by atomic mass is 16.2. The number of nitrogens with two attached hydrogens (primary N) is 1. The van der Waals surface area contributed by atoms with Gasteiger partial charge in [-0.3, -0.25) is 4.79 Å². The maximum absolute atomic E-state index is 12.4. The number of rotatable bonds is 7. The lowest BCUT2D eigenvalue weighted by molar-refractivity contribution is -0.133. The van der Waals surface area contributed by atoms with Crippen LogP contribution in [-0.2, 0) is 11.3 Å². The van der Waals surface area contributed by atoms with Gasteiger partial charge in [0.05, 0.1) is 6.04 Å². The van der Waals surface area contributed by atoms with Crippen molar-refractivity contribution in [3.63, 3.8) is 0 Å². The minimum Gasteiger partial charge on any atom is -0.337 e. The summed E-state index contributed by atoms with van der Waals surface area (Å²) in [4.78, 5) is 14.3. The molecule has 0 bridgehead atoms. The molecule has 1 aromatic carbocycles. The lowest BCUT2D eigenvalue weighted by Crippen LogP contribution is -2.44. The molecule has 112 valence electrons. The molecule has 0 fully saturated rings. The standard InChI is InChI=1S/C17H28N2O/c1-5-10-19(17(20)16(18)11-13(2)3)12-15-8-6-14(4)7-9-15/h6-9,13,16H,5,10-12,18H2,1-4H3/t16-/m0/s1. The quantitative estimate of drug-likeness (QED) is 0.831. The molecule has 0 heterocycles. The van der Waals surface area contributed by atoms with Gasteiger partial charge in [-0.1, -0.05) is 50.6 Å². The van der Waals surface area contributed by atoms with Crippen LogP contribution in [0.15, 0.2) is 24.3 Å². The van der Waals surface area contributed by atoms with E-state index in [0.29, 0.717) is 12.5 Å². The fourth-order valence-electron chi connectivity index (χ4n) is 2.29. The van der Waals surface area contributed by atoms with Crippen LogP contribution in [0.1, 0.15) is 44.7 Å². The van der Waals surface area contributed by atoms with E-state index >= 15 is 0 Å². The van der Waals surface area contributed by atoms with Gasteiger partial charge in [-0.25, -0.2) is 0 Å². The van der Waals surface area contributed by atoms with Gasteiger partial charge in [-0.2, -0.15) is 0 Å². The first-order chi connectivity index (χ1) is 9.43. The zero-order valence-corrected chi connectivity index (χ0v) is 13.2. The smallest absolute Gasteiger partial charge is 0.239 e. The van der Waals surface area contributed by atoms with Gasteiger partial charge in [0.1, 0.15) is 0 Å². The van der Waals surface area contributed by atoms with E-state index < -0.39 is 0 Å². The summed E-state index contributed by atoms with van der Waals surface area (Å²) in [6.45, 7) is 9.76. The second kappa shape index (κ2) is 8.05.